The van der Waals surface area contributed by atoms with Crippen molar-refractivity contribution in [3.8, 4) is 22.6 Å². The van der Waals surface area contributed by atoms with E-state index in [1.54, 1.807) is 0 Å². The third kappa shape index (κ3) is 6.42. The quantitative estimate of drug-likeness (QED) is 0.200. The van der Waals surface area contributed by atoms with Gasteiger partial charge >= 0.3 is 6.18 Å². The molecule has 1 nitrogen and oxygen atoms in total. The van der Waals surface area contributed by atoms with Crippen LogP contribution in [0.25, 0.3) is 11.1 Å². The minimum absolute atomic E-state index is 0.0322. The van der Waals surface area contributed by atoms with E-state index in [0.717, 1.165) is 32.1 Å². The zero-order chi connectivity index (χ0) is 28.3. The molecular formula is C31H31F7O. The number of rotatable bonds is 8. The molecule has 0 atom stereocenters. The second-order valence-corrected chi connectivity index (χ2v) is 10.4. The fraction of sp³-hybridized carbons (Fsp3) is 0.419. The standard InChI is InChI=1S/C31H31F7O/c1-3-4-5-8-19-11-13-20(14-12-19)27-23(32)15-18(2)30(29(27)35)39-26-10-7-6-9-22(26)21-16-24(33)28(25(34)17-21)31(36,37)38/h6-7,9-10,15-17,19-20H,3-5,8,11-14H2,1-2H3/t19-,20-. The van der Waals surface area contributed by atoms with E-state index in [2.05, 4.69) is 6.92 Å². The predicted octanol–water partition coefficient (Wildman–Crippen LogP) is 10.9. The zero-order valence-electron chi connectivity index (χ0n) is 21.9. The maximum atomic E-state index is 15.8. The van der Waals surface area contributed by atoms with Crippen LogP contribution in [0.4, 0.5) is 30.7 Å². The topological polar surface area (TPSA) is 9.23 Å². The van der Waals surface area contributed by atoms with Crippen LogP contribution in [-0.2, 0) is 6.18 Å². The van der Waals surface area contributed by atoms with Crippen LogP contribution in [0.1, 0.15) is 80.9 Å². The molecule has 0 aromatic heterocycles. The minimum Gasteiger partial charge on any atom is -0.453 e. The highest BCUT2D eigenvalue weighted by molar-refractivity contribution is 5.71. The van der Waals surface area contributed by atoms with E-state index in [1.165, 1.54) is 43.7 Å². The summed E-state index contributed by atoms with van der Waals surface area (Å²) in [6.45, 7) is 3.63. The van der Waals surface area contributed by atoms with Crippen molar-refractivity contribution >= 4 is 0 Å². The molecule has 0 N–H and O–H groups in total. The molecule has 0 heterocycles. The molecule has 3 aromatic rings. The molecule has 39 heavy (non-hydrogen) atoms. The molecule has 3 aromatic carbocycles. The fourth-order valence-electron chi connectivity index (χ4n) is 5.56. The molecule has 0 amide bonds. The van der Waals surface area contributed by atoms with Gasteiger partial charge in [-0.05, 0) is 79.8 Å². The first kappa shape index (κ1) is 29.0. The summed E-state index contributed by atoms with van der Waals surface area (Å²) in [6.07, 6.45) is 2.50. The summed E-state index contributed by atoms with van der Waals surface area (Å²) in [5.41, 5.74) is -2.00. The Balaban J connectivity index is 1.64. The molecule has 1 fully saturated rings. The number of alkyl halides is 3. The van der Waals surface area contributed by atoms with E-state index in [1.807, 2.05) is 0 Å². The van der Waals surface area contributed by atoms with Gasteiger partial charge in [0.15, 0.2) is 11.6 Å². The molecule has 0 radical (unpaired) electrons. The molecule has 4 rings (SSSR count). The van der Waals surface area contributed by atoms with E-state index in [0.29, 0.717) is 30.9 Å². The van der Waals surface area contributed by atoms with Crippen molar-refractivity contribution < 1.29 is 35.5 Å². The van der Waals surface area contributed by atoms with Crippen LogP contribution < -0.4 is 4.74 Å². The SMILES string of the molecule is CCCCC[C@H]1CC[C@H](c2c(F)cc(C)c(Oc3ccccc3-c3cc(F)c(C(F)(F)F)c(F)c3)c2F)CC1. The summed E-state index contributed by atoms with van der Waals surface area (Å²) in [5.74, 6) is -5.03. The van der Waals surface area contributed by atoms with Gasteiger partial charge in [0.05, 0.1) is 0 Å². The normalized spacial score (nSPS) is 17.9. The van der Waals surface area contributed by atoms with E-state index in [4.69, 9.17) is 4.74 Å². The largest absolute Gasteiger partial charge is 0.453 e. The molecule has 0 aliphatic heterocycles. The highest BCUT2D eigenvalue weighted by Gasteiger charge is 2.38. The van der Waals surface area contributed by atoms with Crippen molar-refractivity contribution in [3.63, 3.8) is 0 Å². The first-order valence-electron chi connectivity index (χ1n) is 13.3. The Kier molecular flexibility index (Phi) is 8.92. The molecule has 8 heteroatoms. The van der Waals surface area contributed by atoms with Gasteiger partial charge in [-0.1, -0.05) is 50.8 Å². The number of ether oxygens (including phenoxy) is 1. The van der Waals surface area contributed by atoms with Crippen LogP contribution in [-0.4, -0.2) is 0 Å². The summed E-state index contributed by atoms with van der Waals surface area (Å²) in [4.78, 5) is 0. The highest BCUT2D eigenvalue weighted by atomic mass is 19.4. The Hall–Kier alpha value is -3.03. The molecule has 0 saturated heterocycles. The van der Waals surface area contributed by atoms with Crippen LogP contribution >= 0.6 is 0 Å². The number of aryl methyl sites for hydroxylation is 1. The first-order valence-corrected chi connectivity index (χ1v) is 13.3. The Morgan fingerprint density at radius 2 is 1.49 bits per heavy atom. The Morgan fingerprint density at radius 1 is 0.846 bits per heavy atom. The Labute approximate surface area is 224 Å². The van der Waals surface area contributed by atoms with Gasteiger partial charge in [0.25, 0.3) is 0 Å². The lowest BCUT2D eigenvalue weighted by Crippen LogP contribution is -2.16. The summed E-state index contributed by atoms with van der Waals surface area (Å²) in [6, 6.07) is 8.18. The number of hydrogen-bond donors (Lipinski definition) is 0. The second-order valence-electron chi connectivity index (χ2n) is 10.4. The van der Waals surface area contributed by atoms with Crippen molar-refractivity contribution in [2.45, 2.75) is 77.3 Å². The average molecular weight is 553 g/mol. The maximum absolute atomic E-state index is 15.8. The number of hydrogen-bond acceptors (Lipinski definition) is 1. The van der Waals surface area contributed by atoms with E-state index in [-0.39, 0.29) is 39.7 Å². The predicted molar refractivity (Wildman–Crippen MR) is 137 cm³/mol. The molecule has 0 spiro atoms. The molecule has 0 unspecified atom stereocenters. The van der Waals surface area contributed by atoms with Crippen molar-refractivity contribution in [2.75, 3.05) is 0 Å². The lowest BCUT2D eigenvalue weighted by atomic mass is 9.76. The first-order chi connectivity index (χ1) is 18.5. The van der Waals surface area contributed by atoms with Gasteiger partial charge in [-0.3, -0.25) is 0 Å². The van der Waals surface area contributed by atoms with Crippen molar-refractivity contribution in [1.82, 2.24) is 0 Å². The molecule has 1 aliphatic rings. The van der Waals surface area contributed by atoms with Gasteiger partial charge in [0.2, 0.25) is 0 Å². The smallest absolute Gasteiger partial charge is 0.422 e. The summed E-state index contributed by atoms with van der Waals surface area (Å²) in [5, 5.41) is 0. The van der Waals surface area contributed by atoms with Gasteiger partial charge in [-0.15, -0.1) is 0 Å². The van der Waals surface area contributed by atoms with Crippen molar-refractivity contribution in [3.05, 3.63) is 82.4 Å². The van der Waals surface area contributed by atoms with Gasteiger partial charge in [-0.25, -0.2) is 17.6 Å². The number of benzene rings is 3. The molecule has 1 aliphatic carbocycles. The van der Waals surface area contributed by atoms with Gasteiger partial charge in [0, 0.05) is 11.1 Å². The second kappa shape index (κ2) is 12.0. The third-order valence-electron chi connectivity index (χ3n) is 7.60. The zero-order valence-corrected chi connectivity index (χ0v) is 21.9. The van der Waals surface area contributed by atoms with Gasteiger partial charge in [0.1, 0.15) is 28.8 Å². The monoisotopic (exact) mass is 552 g/mol. The van der Waals surface area contributed by atoms with Crippen LogP contribution in [0.15, 0.2) is 42.5 Å². The maximum Gasteiger partial charge on any atom is 0.422 e. The van der Waals surface area contributed by atoms with Gasteiger partial charge in [-0.2, -0.15) is 13.2 Å². The molecule has 1 saturated carbocycles. The van der Waals surface area contributed by atoms with Crippen molar-refractivity contribution in [2.24, 2.45) is 5.92 Å². The lowest BCUT2D eigenvalue weighted by Gasteiger charge is -2.30. The van der Waals surface area contributed by atoms with E-state index in [9.17, 15) is 22.0 Å². The third-order valence-corrected chi connectivity index (χ3v) is 7.60. The number of para-hydroxylation sites is 1. The van der Waals surface area contributed by atoms with Crippen LogP contribution in [0.2, 0.25) is 0 Å². The average Bonchev–Trinajstić information content (AvgIpc) is 2.86. The summed E-state index contributed by atoms with van der Waals surface area (Å²) >= 11 is 0. The summed E-state index contributed by atoms with van der Waals surface area (Å²) in [7, 11) is 0. The van der Waals surface area contributed by atoms with E-state index >= 15 is 8.78 Å². The van der Waals surface area contributed by atoms with Gasteiger partial charge < -0.3 is 4.74 Å². The van der Waals surface area contributed by atoms with Crippen molar-refractivity contribution in [1.29, 1.82) is 0 Å². The molecule has 210 valence electrons. The Morgan fingerprint density at radius 3 is 2.10 bits per heavy atom. The highest BCUT2D eigenvalue weighted by Crippen LogP contribution is 2.44. The molecular weight excluding hydrogens is 521 g/mol. The Bertz CT molecular complexity index is 1280. The summed E-state index contributed by atoms with van der Waals surface area (Å²) < 4.78 is 104. The van der Waals surface area contributed by atoms with Crippen LogP contribution in [0.3, 0.4) is 0 Å². The van der Waals surface area contributed by atoms with Crippen LogP contribution in [0.5, 0.6) is 11.5 Å². The molecule has 0 bridgehead atoms. The number of halogens is 7. The fourth-order valence-corrected chi connectivity index (χ4v) is 5.56. The number of unbranched alkanes of at least 4 members (excludes halogenated alkanes) is 2. The lowest BCUT2D eigenvalue weighted by molar-refractivity contribution is -0.142. The minimum atomic E-state index is -5.21. The van der Waals surface area contributed by atoms with E-state index < -0.39 is 35.0 Å². The van der Waals surface area contributed by atoms with Crippen LogP contribution in [0, 0.1) is 36.1 Å².